The van der Waals surface area contributed by atoms with Crippen molar-refractivity contribution < 1.29 is 9.53 Å². The van der Waals surface area contributed by atoms with Gasteiger partial charge in [-0.3, -0.25) is 4.79 Å². The first-order valence-corrected chi connectivity index (χ1v) is 4.25. The molecule has 0 aromatic carbocycles. The van der Waals surface area contributed by atoms with Crippen LogP contribution >= 0.6 is 0 Å². The normalized spacial score (nSPS) is 38.4. The van der Waals surface area contributed by atoms with Gasteiger partial charge in [-0.2, -0.15) is 0 Å². The number of carbonyl (C=O) groups excluding carboxylic acids is 1. The summed E-state index contributed by atoms with van der Waals surface area (Å²) < 4.78 is 5.47. The lowest BCUT2D eigenvalue weighted by atomic mass is 9.90. The maximum absolute atomic E-state index is 11.3. The first-order chi connectivity index (χ1) is 5.38. The molecule has 0 bridgehead atoms. The third-order valence-corrected chi connectivity index (χ3v) is 2.43. The standard InChI is InChI=1S/C8H13NO2/c10-6-2-1-3-7-8(6)9-4-5-11-7/h7-9H,1-5H2. The van der Waals surface area contributed by atoms with Gasteiger partial charge in [0.1, 0.15) is 0 Å². The van der Waals surface area contributed by atoms with Gasteiger partial charge in [0.15, 0.2) is 5.78 Å². The highest BCUT2D eigenvalue weighted by Gasteiger charge is 2.33. The minimum absolute atomic E-state index is 0.0116. The molecule has 1 heterocycles. The molecule has 2 aliphatic rings. The number of hydrogen-bond donors (Lipinski definition) is 1. The Labute approximate surface area is 66.1 Å². The average molecular weight is 155 g/mol. The van der Waals surface area contributed by atoms with Crippen molar-refractivity contribution in [2.75, 3.05) is 13.2 Å². The highest BCUT2D eigenvalue weighted by Crippen LogP contribution is 2.20. The van der Waals surface area contributed by atoms with Crippen molar-refractivity contribution in [3.63, 3.8) is 0 Å². The molecule has 2 rings (SSSR count). The van der Waals surface area contributed by atoms with E-state index in [1.807, 2.05) is 0 Å². The van der Waals surface area contributed by atoms with E-state index >= 15 is 0 Å². The molecule has 3 nitrogen and oxygen atoms in total. The number of rotatable bonds is 0. The third kappa shape index (κ3) is 1.30. The molecular weight excluding hydrogens is 142 g/mol. The molecule has 1 saturated carbocycles. The second kappa shape index (κ2) is 2.91. The van der Waals surface area contributed by atoms with Gasteiger partial charge in [0.05, 0.1) is 18.8 Å². The molecule has 1 N–H and O–H groups in total. The van der Waals surface area contributed by atoms with E-state index in [4.69, 9.17) is 4.74 Å². The second-order valence-electron chi connectivity index (χ2n) is 3.20. The zero-order valence-corrected chi connectivity index (χ0v) is 6.51. The molecule has 11 heavy (non-hydrogen) atoms. The lowest BCUT2D eigenvalue weighted by Crippen LogP contribution is -2.54. The summed E-state index contributed by atoms with van der Waals surface area (Å²) in [6, 6.07) is 0.0116. The zero-order valence-electron chi connectivity index (χ0n) is 6.51. The summed E-state index contributed by atoms with van der Waals surface area (Å²) in [6.07, 6.45) is 2.95. The van der Waals surface area contributed by atoms with Gasteiger partial charge in [0.2, 0.25) is 0 Å². The van der Waals surface area contributed by atoms with E-state index in [2.05, 4.69) is 5.32 Å². The highest BCUT2D eigenvalue weighted by atomic mass is 16.5. The Morgan fingerprint density at radius 3 is 3.27 bits per heavy atom. The Balaban J connectivity index is 2.05. The predicted molar refractivity (Wildman–Crippen MR) is 40.4 cm³/mol. The summed E-state index contributed by atoms with van der Waals surface area (Å²) in [7, 11) is 0. The predicted octanol–water partition coefficient (Wildman–Crippen LogP) is 0.0964. The number of nitrogens with one attached hydrogen (secondary N) is 1. The van der Waals surface area contributed by atoms with Crippen molar-refractivity contribution in [1.29, 1.82) is 0 Å². The van der Waals surface area contributed by atoms with Crippen LogP contribution in [0.4, 0.5) is 0 Å². The topological polar surface area (TPSA) is 38.3 Å². The van der Waals surface area contributed by atoms with Crippen LogP contribution in [0.3, 0.4) is 0 Å². The van der Waals surface area contributed by atoms with Crippen LogP contribution in [0.2, 0.25) is 0 Å². The number of carbonyl (C=O) groups is 1. The quantitative estimate of drug-likeness (QED) is 0.539. The van der Waals surface area contributed by atoms with E-state index < -0.39 is 0 Å². The Bertz CT molecular complexity index is 167. The molecular formula is C8H13NO2. The Hall–Kier alpha value is -0.410. The van der Waals surface area contributed by atoms with Crippen molar-refractivity contribution in [3.05, 3.63) is 0 Å². The fraction of sp³-hybridized carbons (Fsp3) is 0.875. The molecule has 62 valence electrons. The molecule has 0 spiro atoms. The largest absolute Gasteiger partial charge is 0.375 e. The molecule has 0 amide bonds. The second-order valence-corrected chi connectivity index (χ2v) is 3.20. The van der Waals surface area contributed by atoms with Gasteiger partial charge in [-0.25, -0.2) is 0 Å². The molecule has 3 heteroatoms. The SMILES string of the molecule is O=C1CCCC2OCCNC12. The van der Waals surface area contributed by atoms with E-state index in [-0.39, 0.29) is 12.1 Å². The van der Waals surface area contributed by atoms with Crippen molar-refractivity contribution in [3.8, 4) is 0 Å². The van der Waals surface area contributed by atoms with Crippen LogP contribution in [0, 0.1) is 0 Å². The molecule has 0 aromatic heterocycles. The minimum Gasteiger partial charge on any atom is -0.375 e. The molecule has 2 unspecified atom stereocenters. The zero-order chi connectivity index (χ0) is 7.68. The van der Waals surface area contributed by atoms with Crippen LogP contribution in [0.25, 0.3) is 0 Å². The van der Waals surface area contributed by atoms with Gasteiger partial charge >= 0.3 is 0 Å². The van der Waals surface area contributed by atoms with E-state index in [0.717, 1.165) is 32.4 Å². The van der Waals surface area contributed by atoms with E-state index in [1.165, 1.54) is 0 Å². The van der Waals surface area contributed by atoms with Gasteiger partial charge in [0.25, 0.3) is 0 Å². The fourth-order valence-electron chi connectivity index (χ4n) is 1.86. The van der Waals surface area contributed by atoms with Crippen LogP contribution in [-0.2, 0) is 9.53 Å². The Kier molecular flexibility index (Phi) is 1.92. The van der Waals surface area contributed by atoms with Crippen LogP contribution in [-0.4, -0.2) is 31.1 Å². The van der Waals surface area contributed by atoms with Crippen molar-refractivity contribution in [2.45, 2.75) is 31.4 Å². The molecule has 1 saturated heterocycles. The summed E-state index contributed by atoms with van der Waals surface area (Å²) in [6.45, 7) is 1.58. The molecule has 2 atom stereocenters. The van der Waals surface area contributed by atoms with E-state index in [9.17, 15) is 4.79 Å². The highest BCUT2D eigenvalue weighted by molar-refractivity contribution is 5.85. The third-order valence-electron chi connectivity index (χ3n) is 2.43. The number of fused-ring (bicyclic) bond motifs is 1. The lowest BCUT2D eigenvalue weighted by molar-refractivity contribution is -0.131. The monoisotopic (exact) mass is 155 g/mol. The van der Waals surface area contributed by atoms with Crippen molar-refractivity contribution in [1.82, 2.24) is 5.32 Å². The summed E-state index contributed by atoms with van der Waals surface area (Å²) >= 11 is 0. The molecule has 1 aliphatic heterocycles. The van der Waals surface area contributed by atoms with Crippen molar-refractivity contribution in [2.24, 2.45) is 0 Å². The Morgan fingerprint density at radius 1 is 1.55 bits per heavy atom. The van der Waals surface area contributed by atoms with Crippen LogP contribution in [0.1, 0.15) is 19.3 Å². The summed E-state index contributed by atoms with van der Waals surface area (Å²) in [5, 5.41) is 3.20. The first-order valence-electron chi connectivity index (χ1n) is 4.25. The van der Waals surface area contributed by atoms with E-state index in [0.29, 0.717) is 5.78 Å². The number of ether oxygens (including phenoxy) is 1. The Morgan fingerprint density at radius 2 is 2.45 bits per heavy atom. The maximum Gasteiger partial charge on any atom is 0.152 e. The summed E-state index contributed by atoms with van der Waals surface area (Å²) in [5.74, 6) is 0.334. The maximum atomic E-state index is 11.3. The van der Waals surface area contributed by atoms with Crippen LogP contribution < -0.4 is 5.32 Å². The number of Topliss-reactive ketones (excluding diaryl/α,β-unsaturated/α-hetero) is 1. The van der Waals surface area contributed by atoms with Crippen LogP contribution in [0.5, 0.6) is 0 Å². The summed E-state index contributed by atoms with van der Waals surface area (Å²) in [4.78, 5) is 11.3. The van der Waals surface area contributed by atoms with Gasteiger partial charge in [-0.1, -0.05) is 0 Å². The van der Waals surface area contributed by atoms with Gasteiger partial charge in [-0.05, 0) is 12.8 Å². The van der Waals surface area contributed by atoms with Gasteiger partial charge < -0.3 is 10.1 Å². The first kappa shape index (κ1) is 7.25. The summed E-state index contributed by atoms with van der Waals surface area (Å²) in [5.41, 5.74) is 0. The van der Waals surface area contributed by atoms with Gasteiger partial charge in [0, 0.05) is 13.0 Å². The van der Waals surface area contributed by atoms with E-state index in [1.54, 1.807) is 0 Å². The molecule has 2 fully saturated rings. The number of hydrogen-bond acceptors (Lipinski definition) is 3. The minimum atomic E-state index is 0.0116. The number of morpholine rings is 1. The van der Waals surface area contributed by atoms with Crippen molar-refractivity contribution >= 4 is 5.78 Å². The average Bonchev–Trinajstić information content (AvgIpc) is 2.06. The van der Waals surface area contributed by atoms with Crippen LogP contribution in [0.15, 0.2) is 0 Å². The number of ketones is 1. The molecule has 0 radical (unpaired) electrons. The molecule has 1 aliphatic carbocycles. The fourth-order valence-corrected chi connectivity index (χ4v) is 1.86. The lowest BCUT2D eigenvalue weighted by Gasteiger charge is -2.34. The molecule has 0 aromatic rings. The smallest absolute Gasteiger partial charge is 0.152 e. The van der Waals surface area contributed by atoms with Gasteiger partial charge in [-0.15, -0.1) is 0 Å².